The van der Waals surface area contributed by atoms with Crippen molar-refractivity contribution in [3.63, 3.8) is 0 Å². The van der Waals surface area contributed by atoms with E-state index in [0.29, 0.717) is 18.0 Å². The number of aryl methyl sites for hydroxylation is 1. The maximum Gasteiger partial charge on any atom is 0.326 e. The van der Waals surface area contributed by atoms with Crippen LogP contribution in [0.4, 0.5) is 5.69 Å². The third kappa shape index (κ3) is 3.07. The van der Waals surface area contributed by atoms with E-state index in [1.54, 1.807) is 0 Å². The summed E-state index contributed by atoms with van der Waals surface area (Å²) >= 11 is 0. The molecule has 1 aromatic heterocycles. The molecule has 0 saturated heterocycles. The molecule has 132 valence electrons. The van der Waals surface area contributed by atoms with E-state index in [2.05, 4.69) is 9.71 Å². The Morgan fingerprint density at radius 2 is 2.04 bits per heavy atom. The Morgan fingerprint density at radius 1 is 1.36 bits per heavy atom. The van der Waals surface area contributed by atoms with Crippen LogP contribution < -0.4 is 15.0 Å². The average molecular weight is 365 g/mol. The SMILES string of the molecule is COc1ccc(S(=O)(=O)Nc2cnc3n(c2=O)[C@H](C(=O)O)CC3)cc1. The lowest BCUT2D eigenvalue weighted by Crippen LogP contribution is -2.31. The van der Waals surface area contributed by atoms with Gasteiger partial charge in [0, 0.05) is 6.42 Å². The lowest BCUT2D eigenvalue weighted by Gasteiger charge is -2.12. The molecule has 1 atom stereocenters. The molecule has 2 aromatic rings. The number of anilines is 1. The van der Waals surface area contributed by atoms with Gasteiger partial charge in [-0.1, -0.05) is 0 Å². The fourth-order valence-electron chi connectivity index (χ4n) is 2.67. The largest absolute Gasteiger partial charge is 0.497 e. The molecule has 2 N–H and O–H groups in total. The monoisotopic (exact) mass is 365 g/mol. The summed E-state index contributed by atoms with van der Waals surface area (Å²) in [6.45, 7) is 0. The van der Waals surface area contributed by atoms with Crippen LogP contribution in [0.1, 0.15) is 18.3 Å². The highest BCUT2D eigenvalue weighted by Gasteiger charge is 2.31. The van der Waals surface area contributed by atoms with Crippen molar-refractivity contribution in [3.8, 4) is 5.75 Å². The second-order valence-corrected chi connectivity index (χ2v) is 7.12. The van der Waals surface area contributed by atoms with Crippen LogP contribution in [0.3, 0.4) is 0 Å². The second kappa shape index (κ2) is 6.20. The summed E-state index contributed by atoms with van der Waals surface area (Å²) in [5.41, 5.74) is -1.03. The van der Waals surface area contributed by atoms with E-state index in [9.17, 15) is 23.1 Å². The first-order valence-electron chi connectivity index (χ1n) is 7.33. The molecule has 1 aliphatic heterocycles. The zero-order valence-electron chi connectivity index (χ0n) is 13.2. The molecule has 0 amide bonds. The number of sulfonamides is 1. The van der Waals surface area contributed by atoms with E-state index < -0.39 is 27.6 Å². The van der Waals surface area contributed by atoms with E-state index in [1.165, 1.54) is 31.4 Å². The smallest absolute Gasteiger partial charge is 0.326 e. The number of carbonyl (C=O) groups is 1. The van der Waals surface area contributed by atoms with Crippen LogP contribution in [0.15, 0.2) is 40.2 Å². The summed E-state index contributed by atoms with van der Waals surface area (Å²) < 4.78 is 33.0. The van der Waals surface area contributed by atoms with Crippen molar-refractivity contribution < 1.29 is 23.1 Å². The topological polar surface area (TPSA) is 128 Å². The van der Waals surface area contributed by atoms with Crippen molar-refractivity contribution in [1.82, 2.24) is 9.55 Å². The number of aliphatic carboxylic acids is 1. The van der Waals surface area contributed by atoms with Gasteiger partial charge in [0.15, 0.2) is 0 Å². The molecule has 0 aliphatic carbocycles. The first-order valence-corrected chi connectivity index (χ1v) is 8.82. The third-order valence-electron chi connectivity index (χ3n) is 3.92. The van der Waals surface area contributed by atoms with Gasteiger partial charge >= 0.3 is 5.97 Å². The molecule has 10 heteroatoms. The Kier molecular flexibility index (Phi) is 4.21. The number of aromatic nitrogens is 2. The molecule has 0 fully saturated rings. The van der Waals surface area contributed by atoms with Gasteiger partial charge in [-0.2, -0.15) is 0 Å². The maximum atomic E-state index is 12.5. The first kappa shape index (κ1) is 17.0. The maximum absolute atomic E-state index is 12.5. The van der Waals surface area contributed by atoms with Gasteiger partial charge in [0.05, 0.1) is 18.2 Å². The highest BCUT2D eigenvalue weighted by molar-refractivity contribution is 7.92. The van der Waals surface area contributed by atoms with Gasteiger partial charge in [0.1, 0.15) is 23.3 Å². The summed E-state index contributed by atoms with van der Waals surface area (Å²) in [6.07, 6.45) is 1.70. The number of nitrogens with zero attached hydrogens (tertiary/aromatic N) is 2. The normalized spacial score (nSPS) is 16.3. The minimum absolute atomic E-state index is 0.0621. The number of benzene rings is 1. The zero-order chi connectivity index (χ0) is 18.2. The minimum Gasteiger partial charge on any atom is -0.497 e. The second-order valence-electron chi connectivity index (χ2n) is 5.44. The van der Waals surface area contributed by atoms with Gasteiger partial charge in [-0.15, -0.1) is 0 Å². The molecule has 0 radical (unpaired) electrons. The first-order chi connectivity index (χ1) is 11.8. The van der Waals surface area contributed by atoms with Crippen molar-refractivity contribution in [2.75, 3.05) is 11.8 Å². The Morgan fingerprint density at radius 3 is 2.64 bits per heavy atom. The molecule has 1 aromatic carbocycles. The third-order valence-corrected chi connectivity index (χ3v) is 5.30. The number of hydrogen-bond donors (Lipinski definition) is 2. The van der Waals surface area contributed by atoms with Crippen molar-refractivity contribution in [2.24, 2.45) is 0 Å². The van der Waals surface area contributed by atoms with Crippen LogP contribution >= 0.6 is 0 Å². The Bertz CT molecular complexity index is 981. The highest BCUT2D eigenvalue weighted by atomic mass is 32.2. The van der Waals surface area contributed by atoms with Gasteiger partial charge in [0.2, 0.25) is 0 Å². The summed E-state index contributed by atoms with van der Waals surface area (Å²) in [7, 11) is -2.57. The lowest BCUT2D eigenvalue weighted by atomic mass is 10.2. The van der Waals surface area contributed by atoms with Crippen LogP contribution in [-0.2, 0) is 21.2 Å². The van der Waals surface area contributed by atoms with Gasteiger partial charge in [-0.05, 0) is 30.7 Å². The molecule has 0 bridgehead atoms. The molecule has 0 unspecified atom stereocenters. The fourth-order valence-corrected chi connectivity index (χ4v) is 3.71. The number of carboxylic acid groups (broad SMARTS) is 1. The van der Waals surface area contributed by atoms with Crippen LogP contribution in [0.25, 0.3) is 0 Å². The highest BCUT2D eigenvalue weighted by Crippen LogP contribution is 2.24. The molecule has 0 saturated carbocycles. The molecule has 0 spiro atoms. The summed E-state index contributed by atoms with van der Waals surface area (Å²) in [4.78, 5) is 27.7. The van der Waals surface area contributed by atoms with Crippen LogP contribution in [0.2, 0.25) is 0 Å². The summed E-state index contributed by atoms with van der Waals surface area (Å²) in [5, 5.41) is 9.20. The number of rotatable bonds is 5. The number of ether oxygens (including phenoxy) is 1. The minimum atomic E-state index is -4.02. The molecule has 1 aliphatic rings. The lowest BCUT2D eigenvalue weighted by molar-refractivity contribution is -0.140. The molecule has 2 heterocycles. The van der Waals surface area contributed by atoms with E-state index in [4.69, 9.17) is 4.74 Å². The van der Waals surface area contributed by atoms with E-state index >= 15 is 0 Å². The van der Waals surface area contributed by atoms with Crippen LogP contribution in [-0.4, -0.2) is 36.2 Å². The number of fused-ring (bicyclic) bond motifs is 1. The molecular weight excluding hydrogens is 350 g/mol. The average Bonchev–Trinajstić information content (AvgIpc) is 3.02. The summed E-state index contributed by atoms with van der Waals surface area (Å²) in [6, 6.07) is 4.57. The van der Waals surface area contributed by atoms with Crippen LogP contribution in [0.5, 0.6) is 5.75 Å². The molecule has 25 heavy (non-hydrogen) atoms. The van der Waals surface area contributed by atoms with E-state index in [1.807, 2.05) is 0 Å². The summed E-state index contributed by atoms with van der Waals surface area (Å²) in [5.74, 6) is -0.342. The number of methoxy groups -OCH3 is 1. The standard InChI is InChI=1S/C15H15N3O6S/c1-24-9-2-4-10(5-3-9)25(22,23)17-11-8-16-13-7-6-12(15(20)21)18(13)14(11)19/h2-5,8,12,17H,6-7H2,1H3,(H,20,21)/t12-/m0/s1. The quantitative estimate of drug-likeness (QED) is 0.795. The number of hydrogen-bond acceptors (Lipinski definition) is 6. The predicted octanol–water partition coefficient (Wildman–Crippen LogP) is 0.625. The van der Waals surface area contributed by atoms with Gasteiger partial charge in [-0.25, -0.2) is 18.2 Å². The van der Waals surface area contributed by atoms with Crippen molar-refractivity contribution in [1.29, 1.82) is 0 Å². The van der Waals surface area contributed by atoms with Crippen molar-refractivity contribution >= 4 is 21.7 Å². The van der Waals surface area contributed by atoms with Crippen molar-refractivity contribution in [2.45, 2.75) is 23.8 Å². The van der Waals surface area contributed by atoms with Gasteiger partial charge in [-0.3, -0.25) is 14.1 Å². The molecule has 9 nitrogen and oxygen atoms in total. The Balaban J connectivity index is 1.97. The van der Waals surface area contributed by atoms with Crippen LogP contribution in [0, 0.1) is 0 Å². The molecular formula is C15H15N3O6S. The zero-order valence-corrected chi connectivity index (χ0v) is 14.0. The fraction of sp³-hybridized carbons (Fsp3) is 0.267. The van der Waals surface area contributed by atoms with Gasteiger partial charge in [0.25, 0.3) is 15.6 Å². The van der Waals surface area contributed by atoms with E-state index in [0.717, 1.165) is 10.8 Å². The number of carboxylic acids is 1. The van der Waals surface area contributed by atoms with E-state index in [-0.39, 0.29) is 17.0 Å². The number of nitrogens with one attached hydrogen (secondary N) is 1. The Labute approximate surface area is 142 Å². The Hall–Kier alpha value is -2.88. The molecule has 3 rings (SSSR count). The predicted molar refractivity (Wildman–Crippen MR) is 87.3 cm³/mol. The van der Waals surface area contributed by atoms with Crippen molar-refractivity contribution in [3.05, 3.63) is 46.6 Å². The van der Waals surface area contributed by atoms with Gasteiger partial charge < -0.3 is 9.84 Å².